The maximum Gasteiger partial charge on any atom is 0.303 e. The summed E-state index contributed by atoms with van der Waals surface area (Å²) in [6.45, 7) is 0. The number of halogens is 2. The van der Waals surface area contributed by atoms with Gasteiger partial charge in [-0.2, -0.15) is 0 Å². The number of thiophene rings is 1. The molecule has 0 aliphatic heterocycles. The number of hydrogen-bond donors (Lipinski definition) is 2. The summed E-state index contributed by atoms with van der Waals surface area (Å²) in [5.41, 5.74) is 0. The fraction of sp³-hybridized carbons (Fsp3) is 0.391. The standard InChI is InChI=1S/C23H24F2O4S/c24-23(25)14-19(27)16(17(23)8-3-1-2-4-10-22(28)29)11-12-18(26)21-13-15-7-5-6-9-20(15)30-21/h1,3,5-7,9,11-13,16-18,26H,2,4,8,10,14H2,(H,28,29)/b3-1-,12-11+/t16-,17-,18-/m1/s1. The summed E-state index contributed by atoms with van der Waals surface area (Å²) in [5.74, 6) is -6.62. The molecule has 1 aromatic carbocycles. The van der Waals surface area contributed by atoms with Gasteiger partial charge >= 0.3 is 5.97 Å². The van der Waals surface area contributed by atoms with E-state index in [4.69, 9.17) is 5.11 Å². The maximum absolute atomic E-state index is 14.4. The van der Waals surface area contributed by atoms with Crippen LogP contribution in [0.4, 0.5) is 8.78 Å². The summed E-state index contributed by atoms with van der Waals surface area (Å²) in [5, 5.41) is 20.1. The number of carbonyl (C=O) groups excluding carboxylic acids is 1. The first-order valence-electron chi connectivity index (χ1n) is 9.90. The molecule has 2 aromatic rings. The van der Waals surface area contributed by atoms with Gasteiger partial charge in [0.1, 0.15) is 11.9 Å². The highest BCUT2D eigenvalue weighted by molar-refractivity contribution is 7.19. The highest BCUT2D eigenvalue weighted by atomic mass is 32.1. The minimum atomic E-state index is -3.10. The Hall–Kier alpha value is -2.38. The van der Waals surface area contributed by atoms with Crippen molar-refractivity contribution < 1.29 is 28.6 Å². The molecule has 30 heavy (non-hydrogen) atoms. The van der Waals surface area contributed by atoms with Gasteiger partial charge in [-0.05, 0) is 36.8 Å². The van der Waals surface area contributed by atoms with Crippen LogP contribution in [-0.2, 0) is 9.59 Å². The average Bonchev–Trinajstić information content (AvgIpc) is 3.20. The number of Topliss-reactive ketones (excluding diaryl/α,β-unsaturated/α-hetero) is 1. The molecule has 1 saturated carbocycles. The van der Waals surface area contributed by atoms with E-state index >= 15 is 0 Å². The third kappa shape index (κ3) is 5.40. The second-order valence-corrected chi connectivity index (χ2v) is 8.66. The highest BCUT2D eigenvalue weighted by Gasteiger charge is 2.53. The molecule has 0 spiro atoms. The normalized spacial score (nSPS) is 22.4. The lowest BCUT2D eigenvalue weighted by atomic mass is 9.89. The number of carbonyl (C=O) groups is 2. The molecule has 1 aliphatic carbocycles. The molecule has 0 amide bonds. The second kappa shape index (κ2) is 9.62. The Bertz CT molecular complexity index is 930. The van der Waals surface area contributed by atoms with Crippen LogP contribution in [0.15, 0.2) is 54.6 Å². The molecule has 0 bridgehead atoms. The Morgan fingerprint density at radius 1 is 1.30 bits per heavy atom. The van der Waals surface area contributed by atoms with Crippen molar-refractivity contribution in [1.29, 1.82) is 0 Å². The lowest BCUT2D eigenvalue weighted by Gasteiger charge is -2.20. The van der Waals surface area contributed by atoms with Crippen LogP contribution >= 0.6 is 11.3 Å². The minimum absolute atomic E-state index is 0.0276. The van der Waals surface area contributed by atoms with E-state index in [-0.39, 0.29) is 12.8 Å². The van der Waals surface area contributed by atoms with E-state index in [9.17, 15) is 23.5 Å². The molecule has 3 atom stereocenters. The number of fused-ring (bicyclic) bond motifs is 1. The van der Waals surface area contributed by atoms with E-state index in [2.05, 4.69) is 0 Å². The quantitative estimate of drug-likeness (QED) is 0.402. The molecule has 1 aliphatic rings. The van der Waals surface area contributed by atoms with Crippen LogP contribution in [0.1, 0.15) is 43.1 Å². The van der Waals surface area contributed by atoms with Crippen molar-refractivity contribution in [2.75, 3.05) is 0 Å². The summed E-state index contributed by atoms with van der Waals surface area (Å²) in [7, 11) is 0. The van der Waals surface area contributed by atoms with Gasteiger partial charge in [0.15, 0.2) is 0 Å². The van der Waals surface area contributed by atoms with Crippen molar-refractivity contribution in [3.8, 4) is 0 Å². The smallest absolute Gasteiger partial charge is 0.303 e. The molecular weight excluding hydrogens is 410 g/mol. The zero-order valence-electron chi connectivity index (χ0n) is 16.3. The lowest BCUT2D eigenvalue weighted by Crippen LogP contribution is -2.24. The van der Waals surface area contributed by atoms with Gasteiger partial charge in [-0.1, -0.05) is 42.5 Å². The third-order valence-corrected chi connectivity index (χ3v) is 6.50. The summed E-state index contributed by atoms with van der Waals surface area (Å²) >= 11 is 1.43. The number of allylic oxidation sites excluding steroid dienone is 3. The summed E-state index contributed by atoms with van der Waals surface area (Å²) in [6, 6.07) is 9.55. The Morgan fingerprint density at radius 3 is 2.80 bits per heavy atom. The number of benzene rings is 1. The molecule has 4 nitrogen and oxygen atoms in total. The zero-order valence-corrected chi connectivity index (χ0v) is 17.2. The third-order valence-electron chi connectivity index (χ3n) is 5.31. The molecule has 1 heterocycles. The molecule has 7 heteroatoms. The van der Waals surface area contributed by atoms with Crippen LogP contribution in [0.3, 0.4) is 0 Å². The van der Waals surface area contributed by atoms with E-state index in [0.29, 0.717) is 17.7 Å². The number of aliphatic hydroxyl groups excluding tert-OH is 1. The number of unbranched alkanes of at least 4 members (excludes halogenated alkanes) is 1. The van der Waals surface area contributed by atoms with Gasteiger partial charge in [0.25, 0.3) is 5.92 Å². The highest BCUT2D eigenvalue weighted by Crippen LogP contribution is 2.45. The molecule has 160 valence electrons. The molecule has 0 saturated heterocycles. The number of aliphatic hydroxyl groups is 1. The first-order valence-corrected chi connectivity index (χ1v) is 10.7. The van der Waals surface area contributed by atoms with E-state index in [0.717, 1.165) is 10.1 Å². The SMILES string of the molecule is O=C(O)CCC/C=C\C[C@@H]1[C@@H](/C=C/[C@@H](O)c2cc3ccccc3s2)C(=O)CC1(F)F. The predicted molar refractivity (Wildman–Crippen MR) is 113 cm³/mol. The van der Waals surface area contributed by atoms with Gasteiger partial charge in [0, 0.05) is 27.8 Å². The monoisotopic (exact) mass is 434 g/mol. The predicted octanol–water partition coefficient (Wildman–Crippen LogP) is 5.53. The molecule has 3 rings (SSSR count). The van der Waals surface area contributed by atoms with Crippen molar-refractivity contribution in [1.82, 2.24) is 0 Å². The lowest BCUT2D eigenvalue weighted by molar-refractivity contribution is -0.137. The van der Waals surface area contributed by atoms with E-state index in [1.165, 1.54) is 23.5 Å². The van der Waals surface area contributed by atoms with Crippen molar-refractivity contribution in [3.63, 3.8) is 0 Å². The van der Waals surface area contributed by atoms with Crippen LogP contribution in [0, 0.1) is 11.8 Å². The van der Waals surface area contributed by atoms with Crippen LogP contribution in [-0.4, -0.2) is 27.9 Å². The number of aliphatic carboxylic acids is 1. The Labute approximate surface area is 177 Å². The zero-order chi connectivity index (χ0) is 21.7. The fourth-order valence-electron chi connectivity index (χ4n) is 3.73. The van der Waals surface area contributed by atoms with Gasteiger partial charge in [0.05, 0.1) is 6.42 Å². The number of carboxylic acid groups (broad SMARTS) is 1. The largest absolute Gasteiger partial charge is 0.481 e. The second-order valence-electron chi connectivity index (χ2n) is 7.55. The number of hydrogen-bond acceptors (Lipinski definition) is 4. The maximum atomic E-state index is 14.4. The van der Waals surface area contributed by atoms with Gasteiger partial charge in [-0.3, -0.25) is 9.59 Å². The van der Waals surface area contributed by atoms with E-state index in [1.54, 1.807) is 12.2 Å². The van der Waals surface area contributed by atoms with Gasteiger partial charge < -0.3 is 10.2 Å². The molecular formula is C23H24F2O4S. The number of carboxylic acids is 1. The molecule has 2 N–H and O–H groups in total. The van der Waals surface area contributed by atoms with E-state index in [1.807, 2.05) is 30.3 Å². The summed E-state index contributed by atoms with van der Waals surface area (Å²) in [4.78, 5) is 23.4. The van der Waals surface area contributed by atoms with Gasteiger partial charge in [-0.15, -0.1) is 11.3 Å². The van der Waals surface area contributed by atoms with Crippen LogP contribution in [0.2, 0.25) is 0 Å². The summed E-state index contributed by atoms with van der Waals surface area (Å²) < 4.78 is 29.7. The fourth-order valence-corrected chi connectivity index (χ4v) is 4.76. The molecule has 0 unspecified atom stereocenters. The first-order chi connectivity index (χ1) is 14.3. The number of alkyl halides is 2. The van der Waals surface area contributed by atoms with Gasteiger partial charge in [-0.25, -0.2) is 8.78 Å². The topological polar surface area (TPSA) is 74.6 Å². The first kappa shape index (κ1) is 22.3. The van der Waals surface area contributed by atoms with E-state index < -0.39 is 42.0 Å². The Morgan fingerprint density at radius 2 is 2.07 bits per heavy atom. The average molecular weight is 435 g/mol. The molecule has 0 radical (unpaired) electrons. The number of rotatable bonds is 9. The van der Waals surface area contributed by atoms with Crippen molar-refractivity contribution in [2.24, 2.45) is 11.8 Å². The minimum Gasteiger partial charge on any atom is -0.481 e. The Kier molecular flexibility index (Phi) is 7.15. The van der Waals surface area contributed by atoms with Crippen molar-refractivity contribution in [2.45, 2.75) is 44.1 Å². The van der Waals surface area contributed by atoms with Crippen molar-refractivity contribution in [3.05, 3.63) is 59.5 Å². The van der Waals surface area contributed by atoms with Crippen LogP contribution in [0.25, 0.3) is 10.1 Å². The van der Waals surface area contributed by atoms with Crippen molar-refractivity contribution >= 4 is 33.2 Å². The summed E-state index contributed by atoms with van der Waals surface area (Å²) in [6.07, 6.45) is 5.37. The van der Waals surface area contributed by atoms with Gasteiger partial charge in [0.2, 0.25) is 0 Å². The Balaban J connectivity index is 1.66. The number of ketones is 1. The van der Waals surface area contributed by atoms with Crippen LogP contribution < -0.4 is 0 Å². The van der Waals surface area contributed by atoms with Crippen LogP contribution in [0.5, 0.6) is 0 Å². The molecule has 1 aromatic heterocycles. The molecule has 1 fully saturated rings.